The van der Waals surface area contributed by atoms with Crippen LogP contribution in [0.1, 0.15) is 25.3 Å². The number of nitrogens with zero attached hydrogens (tertiary/aromatic N) is 4. The lowest BCUT2D eigenvalue weighted by molar-refractivity contribution is -0.114. The van der Waals surface area contributed by atoms with Gasteiger partial charge in [0.2, 0.25) is 11.8 Å². The minimum absolute atomic E-state index is 0.0824. The van der Waals surface area contributed by atoms with Crippen LogP contribution in [0, 0.1) is 0 Å². The van der Waals surface area contributed by atoms with Crippen LogP contribution in [-0.2, 0) is 9.59 Å². The van der Waals surface area contributed by atoms with Crippen molar-refractivity contribution >= 4 is 68.3 Å². The van der Waals surface area contributed by atoms with Crippen molar-refractivity contribution < 1.29 is 9.59 Å². The Hall–Kier alpha value is -4.45. The van der Waals surface area contributed by atoms with Gasteiger partial charge in [-0.3, -0.25) is 14.2 Å². The van der Waals surface area contributed by atoms with Gasteiger partial charge in [-0.25, -0.2) is 4.98 Å². The van der Waals surface area contributed by atoms with E-state index in [-0.39, 0.29) is 23.3 Å². The number of carbonyl (C=O) groups is 2. The van der Waals surface area contributed by atoms with Crippen molar-refractivity contribution in [2.45, 2.75) is 29.3 Å². The van der Waals surface area contributed by atoms with Crippen LogP contribution in [0.2, 0.25) is 0 Å². The molecule has 0 atom stereocenters. The second kappa shape index (κ2) is 14.1. The fourth-order valence-corrected chi connectivity index (χ4v) is 7.25. The zero-order valence-electron chi connectivity index (χ0n) is 24.6. The Bertz CT molecular complexity index is 1920. The molecule has 2 N–H and O–H groups in total. The maximum atomic E-state index is 13.0. The molecule has 0 aliphatic rings. The Morgan fingerprint density at radius 3 is 2.13 bits per heavy atom. The average molecular weight is 651 g/mol. The number of rotatable bonds is 11. The van der Waals surface area contributed by atoms with Crippen molar-refractivity contribution in [3.05, 3.63) is 109 Å². The predicted octanol–water partition coefficient (Wildman–Crippen LogP) is 8.13. The molecule has 0 aliphatic heterocycles. The maximum absolute atomic E-state index is 13.0. The fraction of sp³-hybridized carbons (Fsp3) is 0.147. The number of thioether (sulfide) groups is 2. The quantitative estimate of drug-likeness (QED) is 0.137. The summed E-state index contributed by atoms with van der Waals surface area (Å²) in [5.41, 5.74) is 5.39. The monoisotopic (exact) mass is 650 g/mol. The Balaban J connectivity index is 1.06. The van der Waals surface area contributed by atoms with Crippen LogP contribution in [-0.4, -0.2) is 43.1 Å². The van der Waals surface area contributed by atoms with Gasteiger partial charge in [0.25, 0.3) is 0 Å². The van der Waals surface area contributed by atoms with Crippen molar-refractivity contribution in [2.24, 2.45) is 0 Å². The van der Waals surface area contributed by atoms with Crippen LogP contribution in [0.5, 0.6) is 0 Å². The van der Waals surface area contributed by atoms with Gasteiger partial charge in [0.1, 0.15) is 0 Å². The molecule has 226 valence electrons. The third-order valence-corrected chi connectivity index (χ3v) is 9.94. The fourth-order valence-electron chi connectivity index (χ4n) is 4.59. The summed E-state index contributed by atoms with van der Waals surface area (Å²) in [7, 11) is 0. The summed E-state index contributed by atoms with van der Waals surface area (Å²) in [6.07, 6.45) is 0. The van der Waals surface area contributed by atoms with Crippen LogP contribution in [0.3, 0.4) is 0 Å². The van der Waals surface area contributed by atoms with E-state index < -0.39 is 0 Å². The summed E-state index contributed by atoms with van der Waals surface area (Å²) in [6.45, 7) is 4.28. The predicted molar refractivity (Wildman–Crippen MR) is 186 cm³/mol. The highest BCUT2D eigenvalue weighted by molar-refractivity contribution is 8.01. The molecule has 0 aliphatic carbocycles. The second-order valence-electron chi connectivity index (χ2n) is 10.5. The van der Waals surface area contributed by atoms with Crippen molar-refractivity contribution in [1.82, 2.24) is 19.7 Å². The molecule has 45 heavy (non-hydrogen) atoms. The highest BCUT2D eigenvalue weighted by atomic mass is 32.2. The van der Waals surface area contributed by atoms with Gasteiger partial charge in [-0.15, -0.1) is 21.5 Å². The summed E-state index contributed by atoms with van der Waals surface area (Å²) in [5.74, 6) is 1.34. The Morgan fingerprint density at radius 2 is 1.42 bits per heavy atom. The molecule has 8 nitrogen and oxygen atoms in total. The molecule has 2 amide bonds. The van der Waals surface area contributed by atoms with Crippen molar-refractivity contribution in [1.29, 1.82) is 0 Å². The molecule has 0 saturated carbocycles. The zero-order chi connectivity index (χ0) is 31.2. The van der Waals surface area contributed by atoms with E-state index in [0.29, 0.717) is 22.6 Å². The van der Waals surface area contributed by atoms with Crippen molar-refractivity contribution in [2.75, 3.05) is 22.1 Å². The molecule has 2 aromatic heterocycles. The first-order chi connectivity index (χ1) is 21.9. The average Bonchev–Trinajstić information content (AvgIpc) is 3.68. The van der Waals surface area contributed by atoms with E-state index in [1.165, 1.54) is 40.4 Å². The molecule has 0 radical (unpaired) electrons. The SMILES string of the molecule is CC(C)c1ccc(NC(=O)CSc2nc3ccc(NC(=O)CSc4nnc(-c5ccccc5)n4-c4ccccc4)cc3s2)cc1. The third kappa shape index (κ3) is 7.62. The van der Waals surface area contributed by atoms with Crippen molar-refractivity contribution in [3.63, 3.8) is 0 Å². The van der Waals surface area contributed by atoms with Crippen molar-refractivity contribution in [3.8, 4) is 17.1 Å². The zero-order valence-corrected chi connectivity index (χ0v) is 27.1. The summed E-state index contributed by atoms with van der Waals surface area (Å²) in [5, 5.41) is 15.4. The van der Waals surface area contributed by atoms with Crippen LogP contribution in [0.25, 0.3) is 27.3 Å². The van der Waals surface area contributed by atoms with E-state index in [9.17, 15) is 9.59 Å². The van der Waals surface area contributed by atoms with E-state index in [4.69, 9.17) is 0 Å². The normalized spacial score (nSPS) is 11.2. The molecular formula is C34H30N6O2S3. The third-order valence-electron chi connectivity index (χ3n) is 6.85. The smallest absolute Gasteiger partial charge is 0.234 e. The van der Waals surface area contributed by atoms with Gasteiger partial charge in [-0.05, 0) is 53.9 Å². The molecule has 0 saturated heterocycles. The Morgan fingerprint density at radius 1 is 0.778 bits per heavy atom. The topological polar surface area (TPSA) is 102 Å². The van der Waals surface area contributed by atoms with Crippen LogP contribution in [0.4, 0.5) is 11.4 Å². The van der Waals surface area contributed by atoms with Gasteiger partial charge < -0.3 is 10.6 Å². The van der Waals surface area contributed by atoms with Gasteiger partial charge in [0.05, 0.1) is 21.7 Å². The van der Waals surface area contributed by atoms with E-state index in [1.807, 2.05) is 108 Å². The van der Waals surface area contributed by atoms with Gasteiger partial charge >= 0.3 is 0 Å². The van der Waals surface area contributed by atoms with Gasteiger partial charge in [-0.2, -0.15) is 0 Å². The van der Waals surface area contributed by atoms with E-state index in [2.05, 4.69) is 39.7 Å². The first-order valence-electron chi connectivity index (χ1n) is 14.3. The van der Waals surface area contributed by atoms with Gasteiger partial charge in [0, 0.05) is 22.6 Å². The molecule has 6 aromatic rings. The number of benzene rings is 4. The number of hydrogen-bond acceptors (Lipinski definition) is 8. The number of hydrogen-bond donors (Lipinski definition) is 2. The number of nitrogens with one attached hydrogen (secondary N) is 2. The first-order valence-corrected chi connectivity index (χ1v) is 17.1. The summed E-state index contributed by atoms with van der Waals surface area (Å²) in [6, 6.07) is 33.3. The number of thiazole rings is 1. The van der Waals surface area contributed by atoms with Crippen LogP contribution >= 0.6 is 34.9 Å². The van der Waals surface area contributed by atoms with Gasteiger partial charge in [-0.1, -0.05) is 98.0 Å². The van der Waals surface area contributed by atoms with Gasteiger partial charge in [0.15, 0.2) is 15.3 Å². The second-order valence-corrected chi connectivity index (χ2v) is 13.7. The molecule has 0 bridgehead atoms. The molecule has 6 rings (SSSR count). The van der Waals surface area contributed by atoms with Crippen LogP contribution < -0.4 is 10.6 Å². The molecular weight excluding hydrogens is 621 g/mol. The lowest BCUT2D eigenvalue weighted by Gasteiger charge is -2.10. The maximum Gasteiger partial charge on any atom is 0.234 e. The standard InChI is InChI=1S/C34H30N6O2S3/c1-22(2)23-13-15-25(16-14-23)35-31(42)21-44-34-37-28-18-17-26(19-29(28)45-34)36-30(41)20-43-33-39-38-32(24-9-5-3-6-10-24)40(33)27-11-7-4-8-12-27/h3-19,22H,20-21H2,1-2H3,(H,35,42)(H,36,41). The Kier molecular flexibility index (Phi) is 9.58. The number of fused-ring (bicyclic) bond motifs is 1. The molecule has 11 heteroatoms. The minimum Gasteiger partial charge on any atom is -0.325 e. The largest absolute Gasteiger partial charge is 0.325 e. The molecule has 0 fully saturated rings. The minimum atomic E-state index is -0.152. The molecule has 0 unspecified atom stereocenters. The highest BCUT2D eigenvalue weighted by Crippen LogP contribution is 2.32. The van der Waals surface area contributed by atoms with E-state index in [1.54, 1.807) is 0 Å². The summed E-state index contributed by atoms with van der Waals surface area (Å²) >= 11 is 4.22. The number of para-hydroxylation sites is 1. The van der Waals surface area contributed by atoms with E-state index in [0.717, 1.165) is 31.5 Å². The number of anilines is 2. The lowest BCUT2D eigenvalue weighted by Crippen LogP contribution is -2.14. The molecule has 2 heterocycles. The summed E-state index contributed by atoms with van der Waals surface area (Å²) in [4.78, 5) is 30.2. The summed E-state index contributed by atoms with van der Waals surface area (Å²) < 4.78 is 3.70. The first kappa shape index (κ1) is 30.6. The molecule has 0 spiro atoms. The number of aromatic nitrogens is 4. The number of carbonyl (C=O) groups excluding carboxylic acids is 2. The Labute approximate surface area is 273 Å². The highest BCUT2D eigenvalue weighted by Gasteiger charge is 2.17. The van der Waals surface area contributed by atoms with Crippen LogP contribution in [0.15, 0.2) is 113 Å². The van der Waals surface area contributed by atoms with E-state index >= 15 is 0 Å². The lowest BCUT2D eigenvalue weighted by atomic mass is 10.0. The number of amides is 2. The molecule has 4 aromatic carbocycles.